The van der Waals surface area contributed by atoms with Gasteiger partial charge in [0.05, 0.1) is 11.2 Å². The monoisotopic (exact) mass is 341 g/mol. The van der Waals surface area contributed by atoms with Crippen LogP contribution in [0.15, 0.2) is 36.4 Å². The second-order valence-electron chi connectivity index (χ2n) is 7.60. The molecule has 2 aromatic rings. The number of likely N-dealkylation sites (tertiary alicyclic amines) is 1. The molecule has 0 radical (unpaired) electrons. The van der Waals surface area contributed by atoms with Gasteiger partial charge in [-0.25, -0.2) is 4.79 Å². The molecule has 1 N–H and O–H groups in total. The summed E-state index contributed by atoms with van der Waals surface area (Å²) in [6, 6.07) is 12.5. The zero-order chi connectivity index (χ0) is 17.9. The number of nitrogens with zero attached hydrogens (tertiary/aromatic N) is 2. The lowest BCUT2D eigenvalue weighted by Crippen LogP contribution is -2.44. The average molecular weight is 341 g/mol. The molecule has 0 spiro atoms. The van der Waals surface area contributed by atoms with Crippen LogP contribution in [-0.2, 0) is 11.3 Å². The van der Waals surface area contributed by atoms with E-state index in [9.17, 15) is 4.79 Å². The summed E-state index contributed by atoms with van der Waals surface area (Å²) in [5.74, 6) is 0. The molecule has 5 nitrogen and oxygen atoms in total. The standard InChI is InChI=1S/C20H27N3O2/c1-20(2,3)25-19(24)23-12-6-8-17(23)14-21-13-16-11-10-15-7-4-5-9-18(15)22-16/h4-5,7,9-11,17,21H,6,8,12-14H2,1-3H3/t17-/m0/s1. The molecule has 5 heteroatoms. The van der Waals surface area contributed by atoms with Gasteiger partial charge >= 0.3 is 6.09 Å². The fraction of sp³-hybridized carbons (Fsp3) is 0.500. The van der Waals surface area contributed by atoms with E-state index in [0.717, 1.165) is 42.5 Å². The molecule has 3 rings (SSSR count). The first kappa shape index (κ1) is 17.7. The number of aromatic nitrogens is 1. The van der Waals surface area contributed by atoms with E-state index in [1.165, 1.54) is 0 Å². The van der Waals surface area contributed by atoms with Crippen LogP contribution < -0.4 is 5.32 Å². The molecule has 0 unspecified atom stereocenters. The molecule has 1 atom stereocenters. The topological polar surface area (TPSA) is 54.5 Å². The lowest BCUT2D eigenvalue weighted by molar-refractivity contribution is 0.0226. The van der Waals surface area contributed by atoms with Gasteiger partial charge in [-0.15, -0.1) is 0 Å². The number of nitrogens with one attached hydrogen (secondary N) is 1. The Morgan fingerprint density at radius 2 is 2.08 bits per heavy atom. The molecule has 1 aliphatic rings. The van der Waals surface area contributed by atoms with Crippen molar-refractivity contribution in [1.82, 2.24) is 15.2 Å². The predicted molar refractivity (Wildman–Crippen MR) is 99.4 cm³/mol. The third kappa shape index (κ3) is 4.69. The van der Waals surface area contributed by atoms with Crippen molar-refractivity contribution >= 4 is 17.0 Å². The minimum Gasteiger partial charge on any atom is -0.444 e. The van der Waals surface area contributed by atoms with Crippen molar-refractivity contribution in [2.75, 3.05) is 13.1 Å². The van der Waals surface area contributed by atoms with E-state index in [-0.39, 0.29) is 12.1 Å². The highest BCUT2D eigenvalue weighted by atomic mass is 16.6. The van der Waals surface area contributed by atoms with Crippen molar-refractivity contribution in [3.05, 3.63) is 42.1 Å². The van der Waals surface area contributed by atoms with Gasteiger partial charge in [0.15, 0.2) is 0 Å². The Morgan fingerprint density at radius 3 is 2.88 bits per heavy atom. The first-order chi connectivity index (χ1) is 11.9. The zero-order valence-corrected chi connectivity index (χ0v) is 15.3. The Hall–Kier alpha value is -2.14. The van der Waals surface area contributed by atoms with Crippen LogP contribution in [0.4, 0.5) is 4.79 Å². The normalized spacial score (nSPS) is 17.9. The largest absolute Gasteiger partial charge is 0.444 e. The second-order valence-corrected chi connectivity index (χ2v) is 7.60. The number of ether oxygens (including phenoxy) is 1. The van der Waals surface area contributed by atoms with Gasteiger partial charge in [-0.05, 0) is 45.7 Å². The van der Waals surface area contributed by atoms with E-state index in [1.807, 2.05) is 43.9 Å². The molecule has 1 aromatic heterocycles. The summed E-state index contributed by atoms with van der Waals surface area (Å²) in [7, 11) is 0. The number of hydrogen-bond donors (Lipinski definition) is 1. The third-order valence-corrected chi connectivity index (χ3v) is 4.35. The first-order valence-electron chi connectivity index (χ1n) is 8.97. The summed E-state index contributed by atoms with van der Waals surface area (Å²) in [5, 5.41) is 4.60. The predicted octanol–water partition coefficient (Wildman–Crippen LogP) is 3.72. The molecule has 1 aromatic carbocycles. The first-order valence-corrected chi connectivity index (χ1v) is 8.97. The molecule has 1 fully saturated rings. The lowest BCUT2D eigenvalue weighted by Gasteiger charge is -2.28. The highest BCUT2D eigenvalue weighted by Crippen LogP contribution is 2.20. The number of fused-ring (bicyclic) bond motifs is 1. The number of hydrogen-bond acceptors (Lipinski definition) is 4. The van der Waals surface area contributed by atoms with Crippen LogP contribution in [0.1, 0.15) is 39.3 Å². The molecule has 0 aliphatic carbocycles. The fourth-order valence-corrected chi connectivity index (χ4v) is 3.18. The van der Waals surface area contributed by atoms with Crippen LogP contribution in [0.5, 0.6) is 0 Å². The molecule has 1 aliphatic heterocycles. The van der Waals surface area contributed by atoms with Crippen molar-refractivity contribution in [3.8, 4) is 0 Å². The van der Waals surface area contributed by atoms with Crippen LogP contribution in [0.3, 0.4) is 0 Å². The molecule has 1 amide bonds. The molecule has 0 saturated carbocycles. The molecule has 1 saturated heterocycles. The van der Waals surface area contributed by atoms with Gasteiger partial charge in [0.2, 0.25) is 0 Å². The van der Waals surface area contributed by atoms with E-state index in [2.05, 4.69) is 28.5 Å². The van der Waals surface area contributed by atoms with Crippen LogP contribution >= 0.6 is 0 Å². The summed E-state index contributed by atoms with van der Waals surface area (Å²) in [6.07, 6.45) is 1.83. The summed E-state index contributed by atoms with van der Waals surface area (Å²) < 4.78 is 5.51. The number of pyridine rings is 1. The summed E-state index contributed by atoms with van der Waals surface area (Å²) in [5.41, 5.74) is 1.57. The SMILES string of the molecule is CC(C)(C)OC(=O)N1CCC[C@H]1CNCc1ccc2ccccc2n1. The minimum absolute atomic E-state index is 0.190. The van der Waals surface area contributed by atoms with Gasteiger partial charge in [0.1, 0.15) is 5.60 Å². The maximum Gasteiger partial charge on any atom is 0.410 e. The third-order valence-electron chi connectivity index (χ3n) is 4.35. The highest BCUT2D eigenvalue weighted by molar-refractivity contribution is 5.78. The molecular formula is C20H27N3O2. The average Bonchev–Trinajstić information content (AvgIpc) is 3.02. The Balaban J connectivity index is 1.54. The molecule has 25 heavy (non-hydrogen) atoms. The van der Waals surface area contributed by atoms with E-state index in [0.29, 0.717) is 6.54 Å². The smallest absolute Gasteiger partial charge is 0.410 e. The van der Waals surface area contributed by atoms with Gasteiger partial charge in [-0.2, -0.15) is 0 Å². The second kappa shape index (κ2) is 7.40. The Morgan fingerprint density at radius 1 is 1.28 bits per heavy atom. The Bertz CT molecular complexity index is 739. The number of rotatable bonds is 4. The van der Waals surface area contributed by atoms with Crippen molar-refractivity contribution in [2.45, 2.75) is 51.8 Å². The van der Waals surface area contributed by atoms with Crippen molar-refractivity contribution < 1.29 is 9.53 Å². The summed E-state index contributed by atoms with van der Waals surface area (Å²) in [6.45, 7) is 7.94. The van der Waals surface area contributed by atoms with Crippen LogP contribution in [0, 0.1) is 0 Å². The van der Waals surface area contributed by atoms with Gasteiger partial charge in [-0.3, -0.25) is 4.98 Å². The number of carbonyl (C=O) groups excluding carboxylic acids is 1. The van der Waals surface area contributed by atoms with Gasteiger partial charge in [0, 0.05) is 31.1 Å². The van der Waals surface area contributed by atoms with E-state index < -0.39 is 5.60 Å². The number of benzene rings is 1. The molecule has 0 bridgehead atoms. The van der Waals surface area contributed by atoms with Crippen molar-refractivity contribution in [2.24, 2.45) is 0 Å². The summed E-state index contributed by atoms with van der Waals surface area (Å²) in [4.78, 5) is 18.8. The van der Waals surface area contributed by atoms with Crippen LogP contribution in [-0.4, -0.2) is 40.7 Å². The maximum atomic E-state index is 12.3. The lowest BCUT2D eigenvalue weighted by atomic mass is 10.2. The molecular weight excluding hydrogens is 314 g/mol. The Kier molecular flexibility index (Phi) is 5.23. The van der Waals surface area contributed by atoms with Gasteiger partial charge in [0.25, 0.3) is 0 Å². The molecule has 134 valence electrons. The minimum atomic E-state index is -0.452. The van der Waals surface area contributed by atoms with Crippen molar-refractivity contribution in [1.29, 1.82) is 0 Å². The van der Waals surface area contributed by atoms with E-state index in [4.69, 9.17) is 4.74 Å². The van der Waals surface area contributed by atoms with Crippen LogP contribution in [0.2, 0.25) is 0 Å². The fourth-order valence-electron chi connectivity index (χ4n) is 3.18. The number of amides is 1. The van der Waals surface area contributed by atoms with Crippen molar-refractivity contribution in [3.63, 3.8) is 0 Å². The van der Waals surface area contributed by atoms with Crippen LogP contribution in [0.25, 0.3) is 10.9 Å². The zero-order valence-electron chi connectivity index (χ0n) is 15.3. The quantitative estimate of drug-likeness (QED) is 0.921. The van der Waals surface area contributed by atoms with E-state index in [1.54, 1.807) is 0 Å². The maximum absolute atomic E-state index is 12.3. The van der Waals surface area contributed by atoms with Gasteiger partial charge in [-0.1, -0.05) is 24.3 Å². The Labute approximate surface area is 149 Å². The molecule has 2 heterocycles. The summed E-state index contributed by atoms with van der Waals surface area (Å²) >= 11 is 0. The highest BCUT2D eigenvalue weighted by Gasteiger charge is 2.31. The van der Waals surface area contributed by atoms with E-state index >= 15 is 0 Å². The number of para-hydroxylation sites is 1. The number of carbonyl (C=O) groups is 1. The van der Waals surface area contributed by atoms with Gasteiger partial charge < -0.3 is 15.0 Å².